The quantitative estimate of drug-likeness (QED) is 0.894. The van der Waals surface area contributed by atoms with E-state index in [0.29, 0.717) is 10.8 Å². The van der Waals surface area contributed by atoms with Crippen molar-refractivity contribution < 1.29 is 22.9 Å². The van der Waals surface area contributed by atoms with Crippen molar-refractivity contribution in [3.63, 3.8) is 0 Å². The number of hydrogen-bond acceptors (Lipinski definition) is 4. The lowest BCUT2D eigenvalue weighted by molar-refractivity contribution is -0.362. The number of halogens is 4. The molecule has 1 atom stereocenters. The molecule has 0 radical (unpaired) electrons. The zero-order valence-corrected chi connectivity index (χ0v) is 11.9. The summed E-state index contributed by atoms with van der Waals surface area (Å²) in [4.78, 5) is 19.4. The fourth-order valence-corrected chi connectivity index (χ4v) is 3.19. The van der Waals surface area contributed by atoms with E-state index < -0.39 is 17.7 Å². The molecule has 112 valence electrons. The number of carbonyl (C=O) groups excluding carboxylic acids is 1. The number of nitrogens with one attached hydrogen (secondary N) is 2. The van der Waals surface area contributed by atoms with Crippen molar-refractivity contribution in [1.29, 1.82) is 0 Å². The summed E-state index contributed by atoms with van der Waals surface area (Å²) in [6.07, 6.45) is -3.55. The zero-order valence-electron chi connectivity index (χ0n) is 10.4. The van der Waals surface area contributed by atoms with Gasteiger partial charge in [0.2, 0.25) is 0 Å². The minimum atomic E-state index is -4.87. The van der Waals surface area contributed by atoms with E-state index in [-0.39, 0.29) is 17.5 Å². The van der Waals surface area contributed by atoms with Crippen molar-refractivity contribution >= 4 is 40.3 Å². The van der Waals surface area contributed by atoms with Crippen molar-refractivity contribution in [2.75, 3.05) is 17.6 Å². The molecule has 2 aliphatic heterocycles. The highest BCUT2D eigenvalue weighted by atomic mass is 35.5. The van der Waals surface area contributed by atoms with Crippen LogP contribution in [0.2, 0.25) is 5.02 Å². The average molecular weight is 338 g/mol. The number of aromatic nitrogens is 1. The molecule has 3 heterocycles. The van der Waals surface area contributed by atoms with Gasteiger partial charge in [0.1, 0.15) is 6.20 Å². The maximum atomic E-state index is 13.5. The number of nitrogens with zero attached hydrogens (tertiary/aromatic N) is 2. The normalized spacial score (nSPS) is 25.0. The summed E-state index contributed by atoms with van der Waals surface area (Å²) in [6, 6.07) is 2.73. The van der Waals surface area contributed by atoms with Gasteiger partial charge in [0, 0.05) is 18.4 Å². The Kier molecular flexibility index (Phi) is 3.28. The third-order valence-electron chi connectivity index (χ3n) is 3.10. The van der Waals surface area contributed by atoms with Crippen LogP contribution in [0.25, 0.3) is 0 Å². The Morgan fingerprint density at radius 2 is 2.24 bits per heavy atom. The zero-order chi connectivity index (χ0) is 15.3. The lowest BCUT2D eigenvalue weighted by atomic mass is 10.1. The summed E-state index contributed by atoms with van der Waals surface area (Å²) in [6.45, 7) is 0.228. The lowest BCUT2D eigenvalue weighted by Gasteiger charge is -2.24. The second kappa shape index (κ2) is 4.77. The molecule has 0 saturated carbocycles. The van der Waals surface area contributed by atoms with Gasteiger partial charge in [0.05, 0.1) is 5.02 Å². The maximum absolute atomic E-state index is 13.5. The number of aliphatic imine (C=N–C) groups is 1. The van der Waals surface area contributed by atoms with Crippen molar-refractivity contribution in [2.24, 2.45) is 4.99 Å². The number of aromatic amines is 1. The molecule has 3 rings (SSSR count). The third-order valence-corrected chi connectivity index (χ3v) is 4.29. The molecule has 1 amide bonds. The Bertz CT molecular complexity index is 621. The van der Waals surface area contributed by atoms with Gasteiger partial charge in [0.25, 0.3) is 5.82 Å². The van der Waals surface area contributed by atoms with E-state index in [1.54, 1.807) is 0 Å². The van der Waals surface area contributed by atoms with E-state index in [4.69, 9.17) is 11.6 Å². The van der Waals surface area contributed by atoms with Crippen molar-refractivity contribution in [3.05, 3.63) is 23.4 Å². The Morgan fingerprint density at radius 3 is 2.81 bits per heavy atom. The molecule has 0 bridgehead atoms. The van der Waals surface area contributed by atoms with Gasteiger partial charge in [-0.05, 0) is 6.07 Å². The number of amides is 1. The van der Waals surface area contributed by atoms with Crippen LogP contribution in [-0.4, -0.2) is 40.1 Å². The Hall–Kier alpha value is -1.48. The molecule has 0 spiro atoms. The predicted octanol–water partition coefficient (Wildman–Crippen LogP) is 1.77. The fraction of sp³-hybridized carbons (Fsp3) is 0.364. The van der Waals surface area contributed by atoms with Gasteiger partial charge < -0.3 is 0 Å². The highest BCUT2D eigenvalue weighted by Gasteiger charge is 2.70. The number of fused-ring (bicyclic) bond motifs is 1. The Balaban J connectivity index is 2.01. The molecule has 5 nitrogen and oxygen atoms in total. The topological polar surface area (TPSA) is 58.8 Å². The van der Waals surface area contributed by atoms with Crippen LogP contribution in [0.4, 0.5) is 19.0 Å². The van der Waals surface area contributed by atoms with Gasteiger partial charge in [-0.1, -0.05) is 23.4 Å². The van der Waals surface area contributed by atoms with Crippen molar-refractivity contribution in [2.45, 2.75) is 11.8 Å². The van der Waals surface area contributed by atoms with Crippen LogP contribution in [-0.2, 0) is 4.79 Å². The van der Waals surface area contributed by atoms with Crippen LogP contribution in [0.3, 0.4) is 0 Å². The summed E-state index contributed by atoms with van der Waals surface area (Å²) in [5.41, 5.74) is -2.99. The van der Waals surface area contributed by atoms with Crippen LogP contribution < -0.4 is 10.3 Å². The van der Waals surface area contributed by atoms with Gasteiger partial charge in [-0.2, -0.15) is 18.2 Å². The van der Waals surface area contributed by atoms with Crippen LogP contribution in [0, 0.1) is 0 Å². The standard InChI is InChI=1S/C11H8ClF3N4OS/c12-6-1-2-7(16-5-6)17-10(11(13,14)15)8(20)19-3-4-21-9(19)18-10/h1-2,5H,3-4H2,(H,16,17)/p+1/t10-/m0/s1. The Labute approximate surface area is 126 Å². The summed E-state index contributed by atoms with van der Waals surface area (Å²) < 4.78 is 40.4. The number of anilines is 1. The minimum Gasteiger partial charge on any atom is -0.284 e. The first kappa shape index (κ1) is 14.5. The summed E-state index contributed by atoms with van der Waals surface area (Å²) >= 11 is 6.80. The molecular formula is C11H9ClF3N4OS+. The van der Waals surface area contributed by atoms with Crippen LogP contribution >= 0.6 is 23.4 Å². The smallest absolute Gasteiger partial charge is 0.284 e. The van der Waals surface area contributed by atoms with E-state index in [1.165, 1.54) is 18.3 Å². The second-order valence-corrected chi connectivity index (χ2v) is 5.95. The minimum absolute atomic E-state index is 0.000554. The number of rotatable bonds is 2. The maximum Gasteiger partial charge on any atom is 0.464 e. The van der Waals surface area contributed by atoms with Gasteiger partial charge in [-0.3, -0.25) is 9.69 Å². The molecule has 1 aromatic rings. The lowest BCUT2D eigenvalue weighted by Crippen LogP contribution is -2.58. The second-order valence-electron chi connectivity index (χ2n) is 4.45. The van der Waals surface area contributed by atoms with Gasteiger partial charge in [-0.15, -0.1) is 0 Å². The van der Waals surface area contributed by atoms with Crippen molar-refractivity contribution in [3.8, 4) is 0 Å². The molecule has 0 aromatic carbocycles. The summed E-state index contributed by atoms with van der Waals surface area (Å²) in [5.74, 6) is -0.565. The molecule has 10 heteroatoms. The fourth-order valence-electron chi connectivity index (χ4n) is 2.08. The molecule has 1 fully saturated rings. The first-order valence-electron chi connectivity index (χ1n) is 5.90. The molecular weight excluding hydrogens is 329 g/mol. The number of carbonyl (C=O) groups is 1. The van der Waals surface area contributed by atoms with Crippen LogP contribution in [0.1, 0.15) is 0 Å². The predicted molar refractivity (Wildman–Crippen MR) is 72.0 cm³/mol. The number of alkyl halides is 3. The van der Waals surface area contributed by atoms with Crippen LogP contribution in [0.5, 0.6) is 0 Å². The highest BCUT2D eigenvalue weighted by molar-refractivity contribution is 8.14. The highest BCUT2D eigenvalue weighted by Crippen LogP contribution is 2.42. The summed E-state index contributed by atoms with van der Waals surface area (Å²) in [5, 5.41) is 2.60. The van der Waals surface area contributed by atoms with E-state index >= 15 is 0 Å². The average Bonchev–Trinajstić information content (AvgIpc) is 2.95. The Morgan fingerprint density at radius 1 is 1.48 bits per heavy atom. The van der Waals surface area contributed by atoms with Crippen LogP contribution in [0.15, 0.2) is 23.3 Å². The molecule has 1 saturated heterocycles. The first-order chi connectivity index (χ1) is 9.83. The number of amidine groups is 1. The number of hydrogen-bond donors (Lipinski definition) is 1. The molecule has 0 aliphatic carbocycles. The molecule has 21 heavy (non-hydrogen) atoms. The number of H-pyrrole nitrogens is 1. The molecule has 2 N–H and O–H groups in total. The third kappa shape index (κ3) is 2.24. The first-order valence-corrected chi connectivity index (χ1v) is 7.27. The molecule has 1 aromatic heterocycles. The van der Waals surface area contributed by atoms with Gasteiger partial charge in [0.15, 0.2) is 5.17 Å². The molecule has 2 aliphatic rings. The number of thioether (sulfide) groups is 1. The monoisotopic (exact) mass is 337 g/mol. The van der Waals surface area contributed by atoms with Gasteiger partial charge >= 0.3 is 17.7 Å². The molecule has 0 unspecified atom stereocenters. The van der Waals surface area contributed by atoms with E-state index in [1.807, 2.05) is 0 Å². The van der Waals surface area contributed by atoms with E-state index in [2.05, 4.69) is 15.3 Å². The van der Waals surface area contributed by atoms with E-state index in [9.17, 15) is 18.0 Å². The largest absolute Gasteiger partial charge is 0.464 e. The van der Waals surface area contributed by atoms with Crippen molar-refractivity contribution in [1.82, 2.24) is 4.90 Å². The van der Waals surface area contributed by atoms with Gasteiger partial charge in [-0.25, -0.2) is 10.3 Å². The van der Waals surface area contributed by atoms with E-state index in [0.717, 1.165) is 16.7 Å². The SMILES string of the molecule is O=C1N2CCSC2=N[C@]1(Nc1ccc(Cl)c[nH+]1)C(F)(F)F. The number of pyridine rings is 1. The summed E-state index contributed by atoms with van der Waals surface area (Å²) in [7, 11) is 0.